The van der Waals surface area contributed by atoms with Crippen molar-refractivity contribution in [2.24, 2.45) is 0 Å². The van der Waals surface area contributed by atoms with Gasteiger partial charge in [0.25, 0.3) is 0 Å². The zero-order valence-corrected chi connectivity index (χ0v) is 18.5. The number of rotatable bonds is 3. The summed E-state index contributed by atoms with van der Waals surface area (Å²) in [5.41, 5.74) is 8.32. The van der Waals surface area contributed by atoms with Crippen LogP contribution in [0.1, 0.15) is 22.3 Å². The van der Waals surface area contributed by atoms with E-state index in [2.05, 4.69) is 69.7 Å². The molecule has 0 aliphatic carbocycles. The Labute approximate surface area is 189 Å². The third-order valence-electron chi connectivity index (χ3n) is 5.36. The van der Waals surface area contributed by atoms with Crippen molar-refractivity contribution < 1.29 is 0 Å². The van der Waals surface area contributed by atoms with Crippen LogP contribution in [0, 0.1) is 18.3 Å². The standard InChI is InChI=1S/C27H18BrN3/c1-18-5-4-6-19(15-18)9-10-21-16-26(20-11-13-22(28)14-12-20)31-25-8-3-2-7-24(25)30-27(31)23(21)17-29/h2-16H,1H3. The van der Waals surface area contributed by atoms with E-state index in [9.17, 15) is 5.26 Å². The van der Waals surface area contributed by atoms with Crippen molar-refractivity contribution in [3.8, 4) is 17.3 Å². The number of imidazole rings is 1. The predicted molar refractivity (Wildman–Crippen MR) is 131 cm³/mol. The number of aromatic nitrogens is 2. The molecule has 5 rings (SSSR count). The first-order valence-corrected chi connectivity index (χ1v) is 10.8. The molecule has 0 saturated carbocycles. The maximum atomic E-state index is 10.0. The second-order valence-corrected chi connectivity index (χ2v) is 8.40. The molecule has 0 bridgehead atoms. The Hall–Kier alpha value is -3.68. The van der Waals surface area contributed by atoms with E-state index in [1.165, 1.54) is 5.56 Å². The first-order valence-electron chi connectivity index (χ1n) is 9.99. The van der Waals surface area contributed by atoms with Gasteiger partial charge in [-0.25, -0.2) is 4.98 Å². The molecule has 148 valence electrons. The number of hydrogen-bond acceptors (Lipinski definition) is 2. The van der Waals surface area contributed by atoms with Gasteiger partial charge in [0, 0.05) is 4.47 Å². The van der Waals surface area contributed by atoms with E-state index >= 15 is 0 Å². The molecule has 2 heterocycles. The Morgan fingerprint density at radius 2 is 1.74 bits per heavy atom. The summed E-state index contributed by atoms with van der Waals surface area (Å²) in [5, 5.41) is 10.0. The third-order valence-corrected chi connectivity index (χ3v) is 5.88. The number of pyridine rings is 1. The molecule has 0 aliphatic heterocycles. The SMILES string of the molecule is Cc1cccc(C=Cc2cc(-c3ccc(Br)cc3)n3c(nc4ccccc43)c2C#N)c1. The lowest BCUT2D eigenvalue weighted by molar-refractivity contribution is 1.21. The number of hydrogen-bond donors (Lipinski definition) is 0. The van der Waals surface area contributed by atoms with Crippen LogP contribution in [-0.4, -0.2) is 9.38 Å². The van der Waals surface area contributed by atoms with Crippen molar-refractivity contribution in [3.63, 3.8) is 0 Å². The van der Waals surface area contributed by atoms with Gasteiger partial charge in [0.05, 0.1) is 16.7 Å². The summed E-state index contributed by atoms with van der Waals surface area (Å²) in [6, 6.07) is 29.0. The van der Waals surface area contributed by atoms with Crippen LogP contribution in [0.4, 0.5) is 0 Å². The van der Waals surface area contributed by atoms with Crippen molar-refractivity contribution in [1.29, 1.82) is 5.26 Å². The number of halogens is 1. The largest absolute Gasteiger partial charge is 0.291 e. The van der Waals surface area contributed by atoms with Gasteiger partial charge >= 0.3 is 0 Å². The zero-order chi connectivity index (χ0) is 21.4. The number of aryl methyl sites for hydroxylation is 1. The number of nitrogens with zero attached hydrogens (tertiary/aromatic N) is 3. The molecule has 0 unspecified atom stereocenters. The molecule has 0 N–H and O–H groups in total. The van der Waals surface area contributed by atoms with Crippen LogP contribution < -0.4 is 0 Å². The fourth-order valence-electron chi connectivity index (χ4n) is 3.89. The summed E-state index contributed by atoms with van der Waals surface area (Å²) < 4.78 is 3.11. The molecule has 31 heavy (non-hydrogen) atoms. The molecule has 4 heteroatoms. The molecule has 3 aromatic carbocycles. The molecular weight excluding hydrogens is 446 g/mol. The summed E-state index contributed by atoms with van der Waals surface area (Å²) in [5.74, 6) is 0. The van der Waals surface area contributed by atoms with Crippen molar-refractivity contribution in [2.45, 2.75) is 6.92 Å². The van der Waals surface area contributed by atoms with E-state index in [0.29, 0.717) is 11.2 Å². The lowest BCUT2D eigenvalue weighted by Gasteiger charge is -2.11. The molecule has 0 atom stereocenters. The van der Waals surface area contributed by atoms with Crippen LogP contribution in [0.2, 0.25) is 0 Å². The second kappa shape index (κ2) is 7.86. The van der Waals surface area contributed by atoms with Crippen LogP contribution in [0.25, 0.3) is 40.1 Å². The highest BCUT2D eigenvalue weighted by molar-refractivity contribution is 9.10. The van der Waals surface area contributed by atoms with Gasteiger partial charge in [0.2, 0.25) is 0 Å². The van der Waals surface area contributed by atoms with Crippen LogP contribution in [0.3, 0.4) is 0 Å². The van der Waals surface area contributed by atoms with Gasteiger partial charge in [-0.1, -0.05) is 82.2 Å². The Bertz CT molecular complexity index is 1500. The highest BCUT2D eigenvalue weighted by Crippen LogP contribution is 2.31. The van der Waals surface area contributed by atoms with Crippen LogP contribution >= 0.6 is 15.9 Å². The molecule has 0 saturated heterocycles. The number of para-hydroxylation sites is 2. The number of nitriles is 1. The summed E-state index contributed by atoms with van der Waals surface area (Å²) in [6.45, 7) is 2.08. The average molecular weight is 464 g/mol. The van der Waals surface area contributed by atoms with Crippen LogP contribution in [-0.2, 0) is 0 Å². The van der Waals surface area contributed by atoms with E-state index < -0.39 is 0 Å². The molecule has 0 amide bonds. The summed E-state index contributed by atoms with van der Waals surface area (Å²) in [6.07, 6.45) is 4.06. The minimum absolute atomic E-state index is 0.570. The molecule has 3 nitrogen and oxygen atoms in total. The topological polar surface area (TPSA) is 41.1 Å². The van der Waals surface area contributed by atoms with Crippen LogP contribution in [0.5, 0.6) is 0 Å². The maximum absolute atomic E-state index is 10.0. The lowest BCUT2D eigenvalue weighted by atomic mass is 10.0. The first-order chi connectivity index (χ1) is 15.1. The van der Waals surface area contributed by atoms with Gasteiger partial charge in [-0.2, -0.15) is 5.26 Å². The Morgan fingerprint density at radius 3 is 2.52 bits per heavy atom. The highest BCUT2D eigenvalue weighted by Gasteiger charge is 2.16. The van der Waals surface area contributed by atoms with Gasteiger partial charge in [0.1, 0.15) is 11.6 Å². The predicted octanol–water partition coefficient (Wildman–Crippen LogP) is 7.27. The fourth-order valence-corrected chi connectivity index (χ4v) is 4.15. The van der Waals surface area contributed by atoms with Gasteiger partial charge in [0.15, 0.2) is 5.65 Å². The third kappa shape index (κ3) is 3.54. The Balaban J connectivity index is 1.81. The highest BCUT2D eigenvalue weighted by atomic mass is 79.9. The van der Waals surface area contributed by atoms with E-state index in [1.54, 1.807) is 0 Å². The quantitative estimate of drug-likeness (QED) is 0.282. The van der Waals surface area contributed by atoms with E-state index in [4.69, 9.17) is 4.98 Å². The molecule has 0 aliphatic rings. The molecule has 0 spiro atoms. The zero-order valence-electron chi connectivity index (χ0n) is 16.9. The minimum Gasteiger partial charge on any atom is -0.291 e. The average Bonchev–Trinajstić information content (AvgIpc) is 3.17. The molecule has 0 radical (unpaired) electrons. The Morgan fingerprint density at radius 1 is 0.935 bits per heavy atom. The maximum Gasteiger partial charge on any atom is 0.157 e. The van der Waals surface area contributed by atoms with Crippen molar-refractivity contribution in [3.05, 3.63) is 106 Å². The molecular formula is C27H18BrN3. The van der Waals surface area contributed by atoms with Crippen LogP contribution in [0.15, 0.2) is 83.3 Å². The van der Waals surface area contributed by atoms with E-state index in [1.807, 2.05) is 54.6 Å². The normalized spacial score (nSPS) is 11.4. The molecule has 2 aromatic heterocycles. The van der Waals surface area contributed by atoms with Gasteiger partial charge in [-0.15, -0.1) is 0 Å². The van der Waals surface area contributed by atoms with Gasteiger partial charge in [-0.05, 0) is 53.9 Å². The number of benzene rings is 3. The smallest absolute Gasteiger partial charge is 0.157 e. The monoisotopic (exact) mass is 463 g/mol. The summed E-state index contributed by atoms with van der Waals surface area (Å²) in [7, 11) is 0. The van der Waals surface area contributed by atoms with Crippen molar-refractivity contribution >= 4 is 44.8 Å². The lowest BCUT2D eigenvalue weighted by Crippen LogP contribution is -1.98. The van der Waals surface area contributed by atoms with E-state index in [-0.39, 0.29) is 0 Å². The van der Waals surface area contributed by atoms with Gasteiger partial charge < -0.3 is 0 Å². The van der Waals surface area contributed by atoms with E-state index in [0.717, 1.165) is 37.9 Å². The second-order valence-electron chi connectivity index (χ2n) is 7.49. The summed E-state index contributed by atoms with van der Waals surface area (Å²) in [4.78, 5) is 4.82. The minimum atomic E-state index is 0.570. The fraction of sp³-hybridized carbons (Fsp3) is 0.0370. The molecule has 5 aromatic rings. The van der Waals surface area contributed by atoms with Crippen molar-refractivity contribution in [2.75, 3.05) is 0 Å². The first kappa shape index (κ1) is 19.3. The molecule has 0 fully saturated rings. The Kier molecular flexibility index (Phi) is 4.89. The number of fused-ring (bicyclic) bond motifs is 3. The summed E-state index contributed by atoms with van der Waals surface area (Å²) >= 11 is 3.52. The van der Waals surface area contributed by atoms with Crippen molar-refractivity contribution in [1.82, 2.24) is 9.38 Å². The van der Waals surface area contributed by atoms with Gasteiger partial charge in [-0.3, -0.25) is 4.40 Å².